The first kappa shape index (κ1) is 98.4. The Labute approximate surface area is 552 Å². The van der Waals surface area contributed by atoms with Gasteiger partial charge in [0, 0.05) is 27.2 Å². The molecule has 5 rings (SSSR count). The van der Waals surface area contributed by atoms with Crippen molar-refractivity contribution in [3.8, 4) is 0 Å². The summed E-state index contributed by atoms with van der Waals surface area (Å²) in [6.07, 6.45) is -45.4. The third kappa shape index (κ3) is 35.8. The van der Waals surface area contributed by atoms with Crippen LogP contribution in [-0.4, -0.2) is 325 Å². The van der Waals surface area contributed by atoms with E-state index in [0.29, 0.717) is 0 Å². The van der Waals surface area contributed by atoms with Gasteiger partial charge in [0.05, 0.1) is 70.3 Å². The Morgan fingerprint density at radius 3 is 1.20 bits per heavy atom. The van der Waals surface area contributed by atoms with Crippen molar-refractivity contribution in [1.82, 2.24) is 0 Å². The van der Waals surface area contributed by atoms with E-state index in [1.807, 2.05) is 0 Å². The summed E-state index contributed by atoms with van der Waals surface area (Å²) in [4.78, 5) is 22.7. The van der Waals surface area contributed by atoms with Crippen LogP contribution in [0, 0.1) is 0 Å². The van der Waals surface area contributed by atoms with E-state index in [9.17, 15) is 162 Å². The fourth-order valence-electron chi connectivity index (χ4n) is 8.44. The predicted molar refractivity (Wildman–Crippen MR) is 279 cm³/mol. The number of halogens is 1. The van der Waals surface area contributed by atoms with E-state index in [4.69, 9.17) is 33.2 Å². The Kier molecular flexibility index (Phi) is 39.2. The molecule has 21 atom stereocenters. The Bertz CT molecular complexity index is 3570. The lowest BCUT2D eigenvalue weighted by Gasteiger charge is -2.45. The average molecular weight is 1630 g/mol. The maximum atomic E-state index is 11.5. The molecule has 52 nitrogen and oxygen atoms in total. The summed E-state index contributed by atoms with van der Waals surface area (Å²) < 4.78 is 357. The summed E-state index contributed by atoms with van der Waals surface area (Å²) in [7, 11) is -48.0. The summed E-state index contributed by atoms with van der Waals surface area (Å²) in [6, 6.07) is 0. The van der Waals surface area contributed by atoms with Gasteiger partial charge in [0.25, 0.3) is 0 Å². The van der Waals surface area contributed by atoms with Gasteiger partial charge in [-0.05, 0) is 19.8 Å². The largest absolute Gasteiger partial charge is 0.748 e. The molecule has 0 bridgehead atoms. The van der Waals surface area contributed by atoms with Gasteiger partial charge in [0.1, 0.15) is 85.5 Å². The van der Waals surface area contributed by atoms with Crippen LogP contribution in [-0.2, 0) is 165 Å². The molecule has 97 heavy (non-hydrogen) atoms. The zero-order chi connectivity index (χ0) is 71.0. The molecule has 0 amide bonds. The first-order valence-electron chi connectivity index (χ1n) is 24.0. The highest BCUT2D eigenvalue weighted by molar-refractivity contribution is 7.86. The second-order valence-corrected chi connectivity index (χ2v) is 29.0. The first-order valence-corrected chi connectivity index (χ1v) is 36.4. The second-order valence-electron chi connectivity index (χ2n) is 18.8. The minimum absolute atomic E-state index is 0. The minimum Gasteiger partial charge on any atom is -0.748 e. The number of carbonyl (C=O) groups is 2. The van der Waals surface area contributed by atoms with Crippen LogP contribution in [0.25, 0.3) is 0 Å². The monoisotopic (exact) mass is 1620 g/mol. The molecule has 5 aliphatic rings. The van der Waals surface area contributed by atoms with Crippen molar-refractivity contribution in [2.75, 3.05) is 31.3 Å². The Morgan fingerprint density at radius 1 is 0.454 bits per heavy atom. The highest BCUT2D eigenvalue weighted by Crippen LogP contribution is 2.35. The number of rotatable bonds is 27. The van der Waals surface area contributed by atoms with E-state index >= 15 is 0 Å². The van der Waals surface area contributed by atoms with Crippen LogP contribution in [0.4, 0.5) is 4.70 Å². The van der Waals surface area contributed by atoms with Gasteiger partial charge in [-0.25, -0.2) is 75.8 Å². The fraction of sp³-hybridized carbons (Fsp3) is 0.943. The third-order valence-electron chi connectivity index (χ3n) is 12.0. The van der Waals surface area contributed by atoms with Crippen LogP contribution in [0.2, 0.25) is 0 Å². The van der Waals surface area contributed by atoms with Gasteiger partial charge in [-0.2, -0.15) is 0 Å². The normalized spacial score (nSPS) is 33.1. The second kappa shape index (κ2) is 38.7. The van der Waals surface area contributed by atoms with E-state index in [-0.39, 0.29) is 39.8 Å². The highest BCUT2D eigenvalue weighted by Gasteiger charge is 2.53. The van der Waals surface area contributed by atoms with Crippen molar-refractivity contribution in [3.63, 3.8) is 0 Å². The molecule has 5 aliphatic heterocycles. The standard InChI is InChI=1S/C13H22O21S4.C12H20O17S2.C8H16O12S3.2CH4.FH.2H2O.2H2/c14-8-7(33-37(23,24)25)4-29-11(12(15)16)10(8)31-13-9(34-38(26,27)28)6(32-36(20,21)22)3-5(30-13)1-2-35(17,18)19;13-3-1-25-10(11(17)18)8(5(3)14)28-12-9(29-31(22,23)24)7(16)6(15)4(27-12)2-26-30(19,20)21;1-5-8(20-23(15,16)17)7(19-22(12,13)14)4-6(18-5)2-3-21(9,10)11;;;;;;;/h5-11,13-14H,1-4H2,(H,15,16)(H,17,18,19)(H,20,21,22)(H,23,24,25)(H,26,27,28);3-10,12-16H,1-2H2,(H,17,18)(H,19,20,21)(H,22,23,24);5-8H,2-4H2,1H3,(H,9,10,11)(H,12,13,14)(H,15,16,17);2*1H4;1H;2*1H2;2*1H/p-11/i;;;;;;;;1+1;. The van der Waals surface area contributed by atoms with E-state index < -0.39 is 284 Å². The molecule has 0 radical (unpaired) electrons. The van der Waals surface area contributed by atoms with Crippen LogP contribution in [0.1, 0.15) is 50.3 Å². The Hall–Kier alpha value is -2.78. The average Bonchev–Trinajstić information content (AvgIpc) is 0.799. The molecule has 5 fully saturated rings. The number of carbonyl (C=O) groups excluding carboxylic acids is 2. The molecule has 588 valence electrons. The number of aliphatic hydroxyl groups is 5. The SMILES string of the molecule is C.C.CC1OC(CCS(=O)(=O)[O-])CC(OS(=O)(=O)[O-])C1OS(=O)(=O)[O-].F.O.O.O=C([O-])C1OCC(O)C(O)C1OC1OC(COS(=O)(=O)[O-])C(O)C(O)C1OS(=O)(=O)[O-].O=C([O-])C1OCC(OS(=O)(=O)[O-])C(O)C1OC1OC(CCS(=O)(=O)[O-])CC(OS(=O)(=O)[O-])C1OS(=O)(=O)[O-].[2HH].[HH]. The van der Waals surface area contributed by atoms with Gasteiger partial charge >= 0.3 is 0 Å². The summed E-state index contributed by atoms with van der Waals surface area (Å²) in [5.74, 6) is -6.10. The Morgan fingerprint density at radius 2 is 0.804 bits per heavy atom. The van der Waals surface area contributed by atoms with Crippen LogP contribution < -0.4 is 10.2 Å². The molecule has 0 spiro atoms. The zero-order valence-corrected chi connectivity index (χ0v) is 53.5. The Balaban J connectivity index is -0.000000443. The summed E-state index contributed by atoms with van der Waals surface area (Å²) in [5, 5.41) is 72.8. The molecule has 62 heteroatoms. The van der Waals surface area contributed by atoms with E-state index in [2.05, 4.69) is 29.3 Å². The lowest BCUT2D eigenvalue weighted by atomic mass is 9.97. The number of hydrogen-bond acceptors (Lipinski definition) is 50. The number of carboxylic acids is 2. The minimum atomic E-state index is -5.82. The number of aliphatic carboxylic acids is 2. The van der Waals surface area contributed by atoms with Crippen molar-refractivity contribution in [2.24, 2.45) is 0 Å². The number of ether oxygens (including phenoxy) is 7. The number of carboxylic acid groups (broad SMARTS) is 2. The van der Waals surface area contributed by atoms with Crippen molar-refractivity contribution in [1.29, 1.82) is 0 Å². The van der Waals surface area contributed by atoms with Crippen molar-refractivity contribution in [2.45, 2.75) is 176 Å². The van der Waals surface area contributed by atoms with E-state index in [1.165, 1.54) is 6.92 Å². The zero-order valence-electron chi connectivity index (χ0n) is 46.2. The molecule has 21 unspecified atom stereocenters. The van der Waals surface area contributed by atoms with Gasteiger partial charge in [-0.1, -0.05) is 14.9 Å². The van der Waals surface area contributed by atoms with Gasteiger partial charge in [-0.3, -0.25) is 34.0 Å². The van der Waals surface area contributed by atoms with Gasteiger partial charge in [-0.15, -0.1) is 0 Å². The van der Waals surface area contributed by atoms with Gasteiger partial charge in [0.2, 0.25) is 72.8 Å². The predicted octanol–water partition coefficient (Wildman–Crippen LogP) is -15.5. The van der Waals surface area contributed by atoms with Crippen molar-refractivity contribution < 1.29 is 243 Å². The van der Waals surface area contributed by atoms with E-state index in [0.717, 1.165) is 0 Å². The smallest absolute Gasteiger partial charge is 0.218 e. The molecular formula is C35H64FO52S9-11. The molecule has 0 saturated carbocycles. The molecule has 5 saturated heterocycles. The van der Waals surface area contributed by atoms with Crippen LogP contribution in [0.3, 0.4) is 0 Å². The third-order valence-corrected chi connectivity index (χ3v) is 16.7. The van der Waals surface area contributed by atoms with Crippen LogP contribution in [0.5, 0.6) is 0 Å². The fourth-order valence-corrected chi connectivity index (χ4v) is 12.8. The molecule has 0 aromatic rings. The number of hydrogen-bond donors (Lipinski definition) is 5. The van der Waals surface area contributed by atoms with Gasteiger partial charge < -0.3 is 130 Å². The van der Waals surface area contributed by atoms with E-state index in [1.54, 1.807) is 0 Å². The van der Waals surface area contributed by atoms with Crippen LogP contribution in [0.15, 0.2) is 0 Å². The summed E-state index contributed by atoms with van der Waals surface area (Å²) >= 11 is 0. The number of aliphatic hydroxyl groups excluding tert-OH is 5. The van der Waals surface area contributed by atoms with Crippen LogP contribution >= 0.6 is 0 Å². The topological polar surface area (TPSA) is 888 Å². The molecular weight excluding hydrogens is 1560 g/mol. The molecule has 5 heterocycles. The quantitative estimate of drug-likeness (QED) is 0.0377. The van der Waals surface area contributed by atoms with Crippen molar-refractivity contribution in [3.05, 3.63) is 0 Å². The highest BCUT2D eigenvalue weighted by atomic mass is 32.3. The molecule has 0 aliphatic carbocycles. The maximum Gasteiger partial charge on any atom is 0.218 e. The van der Waals surface area contributed by atoms with Gasteiger partial charge in [0.15, 0.2) is 24.8 Å². The lowest BCUT2D eigenvalue weighted by molar-refractivity contribution is -0.351. The molecule has 0 aromatic carbocycles. The first-order chi connectivity index (χ1) is 41.3. The lowest BCUT2D eigenvalue weighted by Crippen LogP contribution is -2.65. The van der Waals surface area contributed by atoms with Crippen molar-refractivity contribution >= 4 is 105 Å². The molecule has 9 N–H and O–H groups in total. The maximum absolute atomic E-state index is 11.5. The summed E-state index contributed by atoms with van der Waals surface area (Å²) in [6.45, 7) is -1.75. The molecule has 0 aromatic heterocycles. The summed E-state index contributed by atoms with van der Waals surface area (Å²) in [5.41, 5.74) is 0.